The number of likely N-dealkylation sites (N-methyl/N-ethyl adjacent to an activating group) is 1. The predicted octanol–water partition coefficient (Wildman–Crippen LogP) is 5.67. The molecule has 1 unspecified atom stereocenters. The van der Waals surface area contributed by atoms with Crippen LogP contribution in [0.15, 0.2) is 48.5 Å². The summed E-state index contributed by atoms with van der Waals surface area (Å²) >= 11 is 0. The van der Waals surface area contributed by atoms with Gasteiger partial charge in [0.15, 0.2) is 23.0 Å². The second-order valence-corrected chi connectivity index (χ2v) is 16.2. The molecule has 4 aromatic rings. The molecule has 0 bridgehead atoms. The number of carbonyl (C=O) groups excluding carboxylic acids is 1. The van der Waals surface area contributed by atoms with Crippen LogP contribution < -0.4 is 29.6 Å². The van der Waals surface area contributed by atoms with Crippen molar-refractivity contribution in [3.05, 3.63) is 93.0 Å². The van der Waals surface area contributed by atoms with Crippen molar-refractivity contribution < 1.29 is 43.4 Å². The van der Waals surface area contributed by atoms with E-state index in [1.807, 2.05) is 45.2 Å². The van der Waals surface area contributed by atoms with Gasteiger partial charge < -0.3 is 49.3 Å². The lowest BCUT2D eigenvalue weighted by atomic mass is 9.76. The maximum absolute atomic E-state index is 13.7. The minimum absolute atomic E-state index is 0.00684. The Labute approximate surface area is 356 Å². The number of phenols is 2. The van der Waals surface area contributed by atoms with Crippen LogP contribution in [0.2, 0.25) is 0 Å². The minimum atomic E-state index is -0.683. The molecule has 3 aliphatic heterocycles. The first kappa shape index (κ1) is 42.0. The van der Waals surface area contributed by atoms with E-state index in [0.717, 1.165) is 33.4 Å². The number of ether oxygens (including phenoxy) is 6. The van der Waals surface area contributed by atoms with Crippen LogP contribution >= 0.6 is 0 Å². The smallest absolute Gasteiger partial charge is 0.407 e. The highest BCUT2D eigenvalue weighted by Crippen LogP contribution is 2.54. The zero-order chi connectivity index (χ0) is 43.1. The number of hydrogen-bond donors (Lipinski definition) is 4. The van der Waals surface area contributed by atoms with Gasteiger partial charge in [0.2, 0.25) is 0 Å². The normalized spacial score (nSPS) is 21.5. The van der Waals surface area contributed by atoms with Gasteiger partial charge in [0, 0.05) is 71.0 Å². The Hall–Kier alpha value is -5.72. The van der Waals surface area contributed by atoms with Crippen LogP contribution in [0.1, 0.15) is 62.5 Å². The van der Waals surface area contributed by atoms with E-state index in [1.165, 1.54) is 14.2 Å². The number of nitriles is 1. The highest BCUT2D eigenvalue weighted by atomic mass is 16.5. The van der Waals surface area contributed by atoms with Gasteiger partial charge in [-0.1, -0.05) is 48.5 Å². The number of benzene rings is 4. The van der Waals surface area contributed by atoms with Crippen molar-refractivity contribution >= 4 is 6.09 Å². The van der Waals surface area contributed by atoms with E-state index in [9.17, 15) is 20.3 Å². The highest BCUT2D eigenvalue weighted by molar-refractivity contribution is 5.79. The number of amides is 1. The first-order chi connectivity index (χ1) is 29.6. The number of hydrogen-bond acceptors (Lipinski definition) is 13. The lowest BCUT2D eigenvalue weighted by molar-refractivity contribution is -0.00443. The summed E-state index contributed by atoms with van der Waals surface area (Å²) in [4.78, 5) is 18.0. The van der Waals surface area contributed by atoms with Crippen LogP contribution in [0.5, 0.6) is 34.5 Å². The molecule has 14 heteroatoms. The summed E-state index contributed by atoms with van der Waals surface area (Å²) in [7, 11) is 8.19. The Morgan fingerprint density at radius 3 is 1.95 bits per heavy atom. The third-order valence-electron chi connectivity index (χ3n) is 13.3. The van der Waals surface area contributed by atoms with Gasteiger partial charge in [-0.2, -0.15) is 5.26 Å². The maximum atomic E-state index is 13.7. The average molecular weight is 834 g/mol. The lowest BCUT2D eigenvalue weighted by Crippen LogP contribution is -2.60. The fraction of sp³-hybridized carbons (Fsp3) is 0.447. The first-order valence-electron chi connectivity index (χ1n) is 20.8. The number of fused-ring (bicyclic) bond motifs is 5. The van der Waals surface area contributed by atoms with E-state index >= 15 is 0 Å². The zero-order valence-corrected chi connectivity index (χ0v) is 35.8. The molecule has 1 saturated heterocycles. The molecule has 1 aliphatic carbocycles. The standard InChI is InChI=1S/C47H55N5O9/c1-25-43(56-4)31-20-34(40-39-32(44(57-5)26(2)46(59-7)42(39)54)21-36(51(40)3)37(22-48)52-16-18-60-19-17-52)50-35(38(31)41(53)45(25)58-6)23-49-47(55)61-24-33-29-14-10-8-12-27(29)28-13-9-11-15-30(28)33/h8-15,33-37,40,50,53-54H,16-21,23-24H2,1-7H3,(H,49,55)/t34-,35-,36?,37-,40-/m0/s1. The number of rotatable bonds is 11. The van der Waals surface area contributed by atoms with Crippen molar-refractivity contribution in [3.63, 3.8) is 0 Å². The molecule has 14 nitrogen and oxygen atoms in total. The quantitative estimate of drug-likeness (QED) is 0.146. The van der Waals surface area contributed by atoms with Gasteiger partial charge in [-0.05, 0) is 56.0 Å². The number of phenolic OH excluding ortho intramolecular Hbond substituents is 2. The summed E-state index contributed by atoms with van der Waals surface area (Å²) in [5, 5.41) is 41.7. The molecule has 4 aliphatic rings. The second kappa shape index (κ2) is 17.3. The molecule has 0 saturated carbocycles. The molecule has 8 rings (SSSR count). The van der Waals surface area contributed by atoms with Gasteiger partial charge in [0.05, 0.1) is 59.8 Å². The fourth-order valence-corrected chi connectivity index (χ4v) is 10.6. The Kier molecular flexibility index (Phi) is 11.9. The van der Waals surface area contributed by atoms with E-state index in [0.29, 0.717) is 78.6 Å². The Morgan fingerprint density at radius 2 is 1.39 bits per heavy atom. The Balaban J connectivity index is 1.17. The van der Waals surface area contributed by atoms with Crippen molar-refractivity contribution in [1.29, 1.82) is 5.26 Å². The summed E-state index contributed by atoms with van der Waals surface area (Å²) in [6.07, 6.45) is 0.158. The monoisotopic (exact) mass is 833 g/mol. The molecule has 0 radical (unpaired) electrons. The average Bonchev–Trinajstić information content (AvgIpc) is 3.59. The van der Waals surface area contributed by atoms with Crippen LogP contribution in [-0.2, 0) is 22.3 Å². The van der Waals surface area contributed by atoms with E-state index in [1.54, 1.807) is 14.2 Å². The fourth-order valence-electron chi connectivity index (χ4n) is 10.6. The molecule has 4 aromatic carbocycles. The van der Waals surface area contributed by atoms with Gasteiger partial charge in [-0.25, -0.2) is 4.79 Å². The number of alkyl carbamates (subject to hydrolysis) is 1. The van der Waals surface area contributed by atoms with Crippen molar-refractivity contribution in [3.8, 4) is 51.7 Å². The van der Waals surface area contributed by atoms with Crippen molar-refractivity contribution in [2.45, 2.75) is 62.8 Å². The van der Waals surface area contributed by atoms with E-state index in [2.05, 4.69) is 50.8 Å². The zero-order valence-electron chi connectivity index (χ0n) is 35.8. The van der Waals surface area contributed by atoms with Gasteiger partial charge in [-0.3, -0.25) is 9.80 Å². The van der Waals surface area contributed by atoms with E-state index < -0.39 is 30.3 Å². The molecule has 5 atom stereocenters. The van der Waals surface area contributed by atoms with Gasteiger partial charge in [0.25, 0.3) is 0 Å². The molecule has 0 spiro atoms. The summed E-state index contributed by atoms with van der Waals surface area (Å²) in [5.41, 5.74) is 8.43. The topological polar surface area (TPSA) is 167 Å². The number of carbonyl (C=O) groups is 1. The van der Waals surface area contributed by atoms with Crippen LogP contribution in [0, 0.1) is 25.2 Å². The number of aromatic hydroxyl groups is 2. The second-order valence-electron chi connectivity index (χ2n) is 16.2. The van der Waals surface area contributed by atoms with Crippen molar-refractivity contribution in [1.82, 2.24) is 20.4 Å². The molecular weight excluding hydrogens is 779 g/mol. The molecular formula is C47H55N5O9. The molecule has 61 heavy (non-hydrogen) atoms. The molecule has 1 fully saturated rings. The summed E-state index contributed by atoms with van der Waals surface area (Å²) in [6, 6.07) is 16.4. The van der Waals surface area contributed by atoms with Gasteiger partial charge in [0.1, 0.15) is 24.1 Å². The molecule has 1 amide bonds. The Bertz CT molecular complexity index is 2310. The molecule has 4 N–H and O–H groups in total. The third kappa shape index (κ3) is 7.13. The molecule has 0 aromatic heterocycles. The SMILES string of the molecule is COc1c(C)c(OC)c2c(c1O)[C@H](CNC(=O)OCC1c3ccccc3-c3ccccc31)N[C@H]([C@H]1c3c(O)c(OC)c(C)c(OC)c3CC([C@H](C#N)N3CCOCC3)N1C)C2. The largest absolute Gasteiger partial charge is 0.504 e. The van der Waals surface area contributed by atoms with Crippen molar-refractivity contribution in [2.24, 2.45) is 0 Å². The van der Waals surface area contributed by atoms with E-state index in [-0.39, 0.29) is 42.4 Å². The Morgan fingerprint density at radius 1 is 0.852 bits per heavy atom. The molecule has 3 heterocycles. The van der Waals surface area contributed by atoms with Gasteiger partial charge in [-0.15, -0.1) is 0 Å². The number of nitrogens with zero attached hydrogens (tertiary/aromatic N) is 3. The van der Waals surface area contributed by atoms with E-state index in [4.69, 9.17) is 28.4 Å². The van der Waals surface area contributed by atoms with Crippen LogP contribution in [0.25, 0.3) is 11.1 Å². The number of morpholine rings is 1. The van der Waals surface area contributed by atoms with Crippen LogP contribution in [0.3, 0.4) is 0 Å². The maximum Gasteiger partial charge on any atom is 0.407 e. The van der Waals surface area contributed by atoms with Crippen LogP contribution in [-0.4, -0.2) is 119 Å². The van der Waals surface area contributed by atoms with Crippen LogP contribution in [0.4, 0.5) is 4.79 Å². The summed E-state index contributed by atoms with van der Waals surface area (Å²) in [5.74, 6) is 1.52. The van der Waals surface area contributed by atoms with Gasteiger partial charge >= 0.3 is 6.09 Å². The third-order valence-corrected chi connectivity index (χ3v) is 13.3. The summed E-state index contributed by atoms with van der Waals surface area (Å²) < 4.78 is 35.3. The van der Waals surface area contributed by atoms with Crippen molar-refractivity contribution in [2.75, 3.05) is 74.9 Å². The summed E-state index contributed by atoms with van der Waals surface area (Å²) in [6.45, 7) is 6.13. The first-order valence-corrected chi connectivity index (χ1v) is 20.8. The highest BCUT2D eigenvalue weighted by Gasteiger charge is 2.48. The number of methoxy groups -OCH3 is 4. The minimum Gasteiger partial charge on any atom is -0.504 e. The predicted molar refractivity (Wildman–Crippen MR) is 228 cm³/mol. The lowest BCUT2D eigenvalue weighted by Gasteiger charge is -2.50. The molecule has 322 valence electrons. The number of nitrogens with one attached hydrogen (secondary N) is 2.